The highest BCUT2D eigenvalue weighted by molar-refractivity contribution is 8.18. The molecular weight excluding hydrogens is 520 g/mol. The number of fused-ring (bicyclic) bond motifs is 1. The number of hydrogen-bond acceptors (Lipinski definition) is 5. The molecule has 0 atom stereocenters. The second-order valence-electron chi connectivity index (χ2n) is 8.76. The molecular formula is C30H23ClN2O4S. The summed E-state index contributed by atoms with van der Waals surface area (Å²) in [5.41, 5.74) is 3.09. The van der Waals surface area contributed by atoms with Gasteiger partial charge in [0.25, 0.3) is 11.1 Å². The summed E-state index contributed by atoms with van der Waals surface area (Å²) in [6.07, 6.45) is 1.66. The van der Waals surface area contributed by atoms with E-state index in [1.54, 1.807) is 18.2 Å². The number of ether oxygens (including phenoxy) is 1. The van der Waals surface area contributed by atoms with Gasteiger partial charge in [0, 0.05) is 21.8 Å². The minimum absolute atomic E-state index is 0.220. The fraction of sp³-hybridized carbons (Fsp3) is 0.100. The van der Waals surface area contributed by atoms with Crippen molar-refractivity contribution in [1.29, 1.82) is 0 Å². The van der Waals surface area contributed by atoms with Crippen LogP contribution in [0.5, 0.6) is 5.75 Å². The molecule has 1 fully saturated rings. The largest absolute Gasteiger partial charge is 0.488 e. The van der Waals surface area contributed by atoms with E-state index in [9.17, 15) is 14.4 Å². The van der Waals surface area contributed by atoms with Crippen LogP contribution in [0.2, 0.25) is 5.02 Å². The van der Waals surface area contributed by atoms with E-state index in [-0.39, 0.29) is 18.1 Å². The lowest BCUT2D eigenvalue weighted by molar-refractivity contribution is -0.127. The normalized spacial score (nSPS) is 14.4. The Labute approximate surface area is 229 Å². The molecule has 0 radical (unpaired) electrons. The SMILES string of the molecule is Cc1cccc(NC(=O)CN2C(=O)S/C(=C\c3c(OCc4ccccc4Cl)ccc4ccccc34)C2=O)c1. The number of imide groups is 1. The number of thioether (sulfide) groups is 1. The summed E-state index contributed by atoms with van der Waals surface area (Å²) >= 11 is 7.10. The molecule has 5 rings (SSSR count). The summed E-state index contributed by atoms with van der Waals surface area (Å²) < 4.78 is 6.14. The topological polar surface area (TPSA) is 75.7 Å². The second-order valence-corrected chi connectivity index (χ2v) is 10.2. The van der Waals surface area contributed by atoms with Crippen molar-refractivity contribution in [2.24, 2.45) is 0 Å². The van der Waals surface area contributed by atoms with E-state index in [2.05, 4.69) is 5.32 Å². The van der Waals surface area contributed by atoms with Crippen LogP contribution < -0.4 is 10.1 Å². The first-order chi connectivity index (χ1) is 18.4. The number of anilines is 1. The highest BCUT2D eigenvalue weighted by atomic mass is 35.5. The Morgan fingerprint density at radius 2 is 1.79 bits per heavy atom. The van der Waals surface area contributed by atoms with Crippen LogP contribution >= 0.6 is 23.4 Å². The Kier molecular flexibility index (Phi) is 7.49. The molecule has 0 spiro atoms. The molecule has 1 heterocycles. The Morgan fingerprint density at radius 3 is 2.61 bits per heavy atom. The summed E-state index contributed by atoms with van der Waals surface area (Å²) in [5, 5.41) is 4.66. The molecule has 4 aromatic rings. The molecule has 0 aliphatic carbocycles. The third-order valence-corrected chi connectivity index (χ3v) is 7.30. The van der Waals surface area contributed by atoms with E-state index in [1.807, 2.05) is 79.7 Å². The number of carbonyl (C=O) groups is 3. The fourth-order valence-corrected chi connectivity index (χ4v) is 5.17. The van der Waals surface area contributed by atoms with Gasteiger partial charge in [0.2, 0.25) is 5.91 Å². The maximum Gasteiger partial charge on any atom is 0.294 e. The number of nitrogens with one attached hydrogen (secondary N) is 1. The van der Waals surface area contributed by atoms with Crippen LogP contribution in [0.15, 0.2) is 89.8 Å². The highest BCUT2D eigenvalue weighted by Gasteiger charge is 2.36. The molecule has 0 bridgehead atoms. The molecule has 1 N–H and O–H groups in total. The first-order valence-corrected chi connectivity index (χ1v) is 13.1. The zero-order valence-electron chi connectivity index (χ0n) is 20.4. The van der Waals surface area contributed by atoms with Gasteiger partial charge in [-0.05, 0) is 65.4 Å². The summed E-state index contributed by atoms with van der Waals surface area (Å²) in [7, 11) is 0. The molecule has 0 aromatic heterocycles. The van der Waals surface area contributed by atoms with Gasteiger partial charge in [-0.2, -0.15) is 0 Å². The van der Waals surface area contributed by atoms with Crippen LogP contribution in [0.3, 0.4) is 0 Å². The van der Waals surface area contributed by atoms with Crippen molar-refractivity contribution >= 4 is 63.0 Å². The van der Waals surface area contributed by atoms with Crippen LogP contribution in [-0.4, -0.2) is 28.5 Å². The van der Waals surface area contributed by atoms with Crippen molar-refractivity contribution in [3.8, 4) is 5.75 Å². The standard InChI is InChI=1S/C30H23ClN2O4S/c1-19-7-6-10-22(15-19)32-28(34)17-33-29(35)27(38-30(33)36)16-24-23-11-4-2-8-20(23)13-14-26(24)37-18-21-9-3-5-12-25(21)31/h2-16H,17-18H2,1H3,(H,32,34)/b27-16-. The molecule has 8 heteroatoms. The van der Waals surface area contributed by atoms with Gasteiger partial charge < -0.3 is 10.1 Å². The molecule has 190 valence electrons. The van der Waals surface area contributed by atoms with Gasteiger partial charge in [0.05, 0.1) is 4.91 Å². The Hall–Kier alpha value is -4.07. The molecule has 0 unspecified atom stereocenters. The summed E-state index contributed by atoms with van der Waals surface area (Å²) in [6.45, 7) is 1.78. The molecule has 38 heavy (non-hydrogen) atoms. The van der Waals surface area contributed by atoms with E-state index in [4.69, 9.17) is 16.3 Å². The van der Waals surface area contributed by atoms with Crippen molar-refractivity contribution in [2.45, 2.75) is 13.5 Å². The van der Waals surface area contributed by atoms with E-state index in [1.165, 1.54) is 0 Å². The molecule has 1 aliphatic rings. The Bertz CT molecular complexity index is 1600. The predicted octanol–water partition coefficient (Wildman–Crippen LogP) is 7.06. The van der Waals surface area contributed by atoms with Crippen LogP contribution in [-0.2, 0) is 16.2 Å². The lowest BCUT2D eigenvalue weighted by atomic mass is 10.0. The van der Waals surface area contributed by atoms with Crippen molar-refractivity contribution in [1.82, 2.24) is 4.90 Å². The molecule has 4 aromatic carbocycles. The third kappa shape index (κ3) is 5.59. The number of rotatable bonds is 7. The first kappa shape index (κ1) is 25.6. The molecule has 1 aliphatic heterocycles. The summed E-state index contributed by atoms with van der Waals surface area (Å²) in [6, 6.07) is 26.2. The van der Waals surface area contributed by atoms with Crippen molar-refractivity contribution in [3.05, 3.63) is 112 Å². The predicted molar refractivity (Wildman–Crippen MR) is 152 cm³/mol. The van der Waals surface area contributed by atoms with Gasteiger partial charge >= 0.3 is 0 Å². The molecule has 6 nitrogen and oxygen atoms in total. The quantitative estimate of drug-likeness (QED) is 0.253. The number of carbonyl (C=O) groups excluding carboxylic acids is 3. The summed E-state index contributed by atoms with van der Waals surface area (Å²) in [5.74, 6) is -0.426. The van der Waals surface area contributed by atoms with Gasteiger partial charge in [-0.3, -0.25) is 19.3 Å². The number of aryl methyl sites for hydroxylation is 1. The number of amides is 3. The van der Waals surface area contributed by atoms with Crippen LogP contribution in [0.4, 0.5) is 10.5 Å². The lowest BCUT2D eigenvalue weighted by Gasteiger charge is -2.14. The maximum absolute atomic E-state index is 13.2. The number of hydrogen-bond donors (Lipinski definition) is 1. The maximum atomic E-state index is 13.2. The minimum Gasteiger partial charge on any atom is -0.488 e. The van der Waals surface area contributed by atoms with E-state index in [0.29, 0.717) is 22.0 Å². The average molecular weight is 543 g/mol. The van der Waals surface area contributed by atoms with Crippen LogP contribution in [0.25, 0.3) is 16.8 Å². The van der Waals surface area contributed by atoms with Crippen molar-refractivity contribution in [2.75, 3.05) is 11.9 Å². The minimum atomic E-state index is -0.524. The lowest BCUT2D eigenvalue weighted by Crippen LogP contribution is -2.36. The molecule has 3 amide bonds. The van der Waals surface area contributed by atoms with Crippen molar-refractivity contribution in [3.63, 3.8) is 0 Å². The molecule has 0 saturated carbocycles. The van der Waals surface area contributed by atoms with Gasteiger partial charge in [-0.25, -0.2) is 0 Å². The Morgan fingerprint density at radius 1 is 1.00 bits per heavy atom. The first-order valence-electron chi connectivity index (χ1n) is 11.9. The summed E-state index contributed by atoms with van der Waals surface area (Å²) in [4.78, 5) is 39.7. The third-order valence-electron chi connectivity index (χ3n) is 6.02. The van der Waals surface area contributed by atoms with E-state index in [0.717, 1.165) is 38.6 Å². The van der Waals surface area contributed by atoms with Crippen LogP contribution in [0, 0.1) is 6.92 Å². The highest BCUT2D eigenvalue weighted by Crippen LogP contribution is 2.37. The monoisotopic (exact) mass is 542 g/mol. The molecule has 1 saturated heterocycles. The number of halogens is 1. The van der Waals surface area contributed by atoms with Gasteiger partial charge in [-0.1, -0.05) is 72.3 Å². The fourth-order valence-electron chi connectivity index (χ4n) is 4.16. The zero-order valence-corrected chi connectivity index (χ0v) is 22.0. The van der Waals surface area contributed by atoms with E-state index >= 15 is 0 Å². The number of nitrogens with zero attached hydrogens (tertiary/aromatic N) is 1. The van der Waals surface area contributed by atoms with E-state index < -0.39 is 17.1 Å². The average Bonchev–Trinajstić information content (AvgIpc) is 3.16. The van der Waals surface area contributed by atoms with Gasteiger partial charge in [0.15, 0.2) is 0 Å². The van der Waals surface area contributed by atoms with Crippen molar-refractivity contribution < 1.29 is 19.1 Å². The van der Waals surface area contributed by atoms with Gasteiger partial charge in [-0.15, -0.1) is 0 Å². The van der Waals surface area contributed by atoms with Crippen LogP contribution in [0.1, 0.15) is 16.7 Å². The smallest absolute Gasteiger partial charge is 0.294 e. The number of benzene rings is 4. The zero-order chi connectivity index (χ0) is 26.6. The Balaban J connectivity index is 1.41. The van der Waals surface area contributed by atoms with Gasteiger partial charge in [0.1, 0.15) is 18.9 Å². The second kappa shape index (κ2) is 11.1.